The van der Waals surface area contributed by atoms with Gasteiger partial charge in [0.15, 0.2) is 22.4 Å². The van der Waals surface area contributed by atoms with Crippen LogP contribution >= 0.6 is 12.2 Å². The highest BCUT2D eigenvalue weighted by molar-refractivity contribution is 7.80. The average molecular weight is 439 g/mol. The molecule has 3 rings (SSSR count). The fraction of sp³-hybridized carbons (Fsp3) is 0.360. The van der Waals surface area contributed by atoms with Crippen molar-refractivity contribution in [1.82, 2.24) is 10.2 Å². The molecule has 0 spiro atoms. The van der Waals surface area contributed by atoms with E-state index in [0.717, 1.165) is 30.5 Å². The van der Waals surface area contributed by atoms with Crippen molar-refractivity contribution in [2.24, 2.45) is 0 Å². The van der Waals surface area contributed by atoms with E-state index in [4.69, 9.17) is 21.7 Å². The lowest BCUT2D eigenvalue weighted by Gasteiger charge is -2.36. The zero-order valence-electron chi connectivity index (χ0n) is 18.6. The normalized spacial score (nSPS) is 16.2. The Morgan fingerprint density at radius 2 is 1.87 bits per heavy atom. The topological polar surface area (TPSA) is 50.8 Å². The van der Waals surface area contributed by atoms with Crippen LogP contribution in [0.25, 0.3) is 0 Å². The van der Waals surface area contributed by atoms with E-state index in [1.807, 2.05) is 67.4 Å². The summed E-state index contributed by atoms with van der Waals surface area (Å²) in [5, 5.41) is 3.90. The number of carbonyl (C=O) groups excluding carboxylic acids is 1. The van der Waals surface area contributed by atoms with Crippen LogP contribution in [0.4, 0.5) is 0 Å². The number of nitrogens with one attached hydrogen (secondary N) is 1. The van der Waals surface area contributed by atoms with E-state index in [1.165, 1.54) is 0 Å². The van der Waals surface area contributed by atoms with Gasteiger partial charge in [-0.15, -0.1) is 0 Å². The molecule has 0 saturated heterocycles. The van der Waals surface area contributed by atoms with E-state index in [2.05, 4.69) is 12.2 Å². The second-order valence-corrected chi connectivity index (χ2v) is 7.99. The second-order valence-electron chi connectivity index (χ2n) is 7.60. The van der Waals surface area contributed by atoms with Gasteiger partial charge in [-0.05, 0) is 43.3 Å². The number of Topliss-reactive ketones (excluding diaryl/α,β-unsaturated/α-hetero) is 1. The van der Waals surface area contributed by atoms with Crippen LogP contribution in [0.1, 0.15) is 55.1 Å². The Bertz CT molecular complexity index is 972. The fourth-order valence-electron chi connectivity index (χ4n) is 3.64. The molecule has 0 aliphatic carbocycles. The average Bonchev–Trinajstić information content (AvgIpc) is 2.80. The van der Waals surface area contributed by atoms with Crippen molar-refractivity contribution in [2.45, 2.75) is 39.2 Å². The summed E-state index contributed by atoms with van der Waals surface area (Å²) < 4.78 is 11.5. The van der Waals surface area contributed by atoms with Gasteiger partial charge >= 0.3 is 0 Å². The molecule has 164 valence electrons. The number of ketones is 1. The van der Waals surface area contributed by atoms with Gasteiger partial charge in [0.25, 0.3) is 0 Å². The Labute approximate surface area is 190 Å². The molecule has 1 aliphatic rings. The lowest BCUT2D eigenvalue weighted by molar-refractivity contribution is 0.102. The summed E-state index contributed by atoms with van der Waals surface area (Å²) in [4.78, 5) is 15.3. The van der Waals surface area contributed by atoms with Crippen molar-refractivity contribution in [3.63, 3.8) is 0 Å². The van der Waals surface area contributed by atoms with Gasteiger partial charge in [0.05, 0.1) is 19.8 Å². The Kier molecular flexibility index (Phi) is 7.69. The van der Waals surface area contributed by atoms with Gasteiger partial charge in [-0.25, -0.2) is 0 Å². The first-order chi connectivity index (χ1) is 15.0. The van der Waals surface area contributed by atoms with Crippen molar-refractivity contribution in [3.8, 4) is 11.5 Å². The van der Waals surface area contributed by atoms with Gasteiger partial charge in [-0.3, -0.25) is 4.79 Å². The highest BCUT2D eigenvalue weighted by Crippen LogP contribution is 2.36. The third kappa shape index (κ3) is 5.07. The van der Waals surface area contributed by atoms with Crippen molar-refractivity contribution in [3.05, 3.63) is 70.9 Å². The van der Waals surface area contributed by atoms with Gasteiger partial charge < -0.3 is 19.7 Å². The number of hydrogen-bond acceptors (Lipinski definition) is 4. The maximum Gasteiger partial charge on any atom is 0.193 e. The Morgan fingerprint density at radius 3 is 2.55 bits per heavy atom. The van der Waals surface area contributed by atoms with Crippen molar-refractivity contribution >= 4 is 23.1 Å². The van der Waals surface area contributed by atoms with Crippen LogP contribution in [0.3, 0.4) is 0 Å². The quantitative estimate of drug-likeness (QED) is 0.326. The lowest BCUT2D eigenvalue weighted by atomic mass is 9.89. The minimum atomic E-state index is -0.376. The summed E-state index contributed by atoms with van der Waals surface area (Å²) in [6, 6.07) is 14.7. The third-order valence-electron chi connectivity index (χ3n) is 5.56. The van der Waals surface area contributed by atoms with Crippen LogP contribution < -0.4 is 14.8 Å². The predicted octanol–water partition coefficient (Wildman–Crippen LogP) is 5.28. The SMILES string of the molecule is CCCCCOc1ccc(C2NC(=S)N(C)C(C)=C2C(=O)c2ccccc2)cc1OC. The van der Waals surface area contributed by atoms with Crippen LogP contribution in [0, 0.1) is 0 Å². The molecule has 0 aromatic heterocycles. The summed E-state index contributed by atoms with van der Waals surface area (Å²) in [5.74, 6) is 1.32. The van der Waals surface area contributed by atoms with Gasteiger partial charge in [0.2, 0.25) is 0 Å². The smallest absolute Gasteiger partial charge is 0.193 e. The number of allylic oxidation sites excluding steroid dienone is 1. The maximum absolute atomic E-state index is 13.4. The molecular weight excluding hydrogens is 408 g/mol. The largest absolute Gasteiger partial charge is 0.493 e. The summed E-state index contributed by atoms with van der Waals surface area (Å²) in [5.41, 5.74) is 3.04. The fourth-order valence-corrected chi connectivity index (χ4v) is 3.90. The first-order valence-electron chi connectivity index (χ1n) is 10.6. The van der Waals surface area contributed by atoms with E-state index >= 15 is 0 Å². The maximum atomic E-state index is 13.4. The van der Waals surface area contributed by atoms with Gasteiger partial charge in [0.1, 0.15) is 0 Å². The molecule has 6 heteroatoms. The number of carbonyl (C=O) groups is 1. The molecular formula is C25H30N2O3S. The summed E-state index contributed by atoms with van der Waals surface area (Å²) in [6.45, 7) is 4.74. The molecule has 0 bridgehead atoms. The zero-order valence-corrected chi connectivity index (χ0v) is 19.4. The van der Waals surface area contributed by atoms with Crippen molar-refractivity contribution in [1.29, 1.82) is 0 Å². The molecule has 0 saturated carbocycles. The van der Waals surface area contributed by atoms with E-state index in [1.54, 1.807) is 7.11 Å². The monoisotopic (exact) mass is 438 g/mol. The van der Waals surface area contributed by atoms with Gasteiger partial charge in [-0.2, -0.15) is 0 Å². The van der Waals surface area contributed by atoms with Crippen LogP contribution in [0.2, 0.25) is 0 Å². The number of hydrogen-bond donors (Lipinski definition) is 1. The Balaban J connectivity index is 1.97. The van der Waals surface area contributed by atoms with Crippen LogP contribution in [0.15, 0.2) is 59.8 Å². The standard InChI is InChI=1S/C25H30N2O3S/c1-5-6-10-15-30-20-14-13-19(16-21(20)29-4)23-22(17(2)27(3)25(31)26-23)24(28)18-11-8-7-9-12-18/h7-9,11-14,16,23H,5-6,10,15H2,1-4H3,(H,26,31). The molecule has 1 heterocycles. The van der Waals surface area contributed by atoms with Crippen LogP contribution in [0.5, 0.6) is 11.5 Å². The van der Waals surface area contributed by atoms with Crippen LogP contribution in [-0.4, -0.2) is 36.6 Å². The lowest BCUT2D eigenvalue weighted by Crippen LogP contribution is -2.45. The van der Waals surface area contributed by atoms with Crippen molar-refractivity contribution in [2.75, 3.05) is 20.8 Å². The highest BCUT2D eigenvalue weighted by Gasteiger charge is 2.33. The molecule has 1 N–H and O–H groups in total. The molecule has 0 amide bonds. The third-order valence-corrected chi connectivity index (χ3v) is 5.95. The number of unbranched alkanes of at least 4 members (excludes halogenated alkanes) is 2. The minimum absolute atomic E-state index is 0.0243. The first kappa shape index (κ1) is 22.8. The van der Waals surface area contributed by atoms with E-state index in [9.17, 15) is 4.79 Å². The molecule has 2 aromatic rings. The molecule has 0 fully saturated rings. The van der Waals surface area contributed by atoms with Gasteiger partial charge in [0, 0.05) is 23.9 Å². The molecule has 2 aromatic carbocycles. The number of methoxy groups -OCH3 is 1. The summed E-state index contributed by atoms with van der Waals surface area (Å²) in [6.07, 6.45) is 3.28. The number of thiocarbonyl (C=S) groups is 1. The zero-order chi connectivity index (χ0) is 22.4. The Morgan fingerprint density at radius 1 is 1.13 bits per heavy atom. The molecule has 5 nitrogen and oxygen atoms in total. The number of benzene rings is 2. The number of rotatable bonds is 9. The number of nitrogens with zero attached hydrogens (tertiary/aromatic N) is 1. The van der Waals surface area contributed by atoms with E-state index < -0.39 is 0 Å². The van der Waals surface area contributed by atoms with Gasteiger partial charge in [-0.1, -0.05) is 56.2 Å². The predicted molar refractivity (Wildman–Crippen MR) is 128 cm³/mol. The van der Waals surface area contributed by atoms with E-state index in [0.29, 0.717) is 34.4 Å². The van der Waals surface area contributed by atoms with E-state index in [-0.39, 0.29) is 11.8 Å². The Hall–Kier alpha value is -2.86. The molecule has 1 aliphatic heterocycles. The minimum Gasteiger partial charge on any atom is -0.493 e. The molecule has 31 heavy (non-hydrogen) atoms. The molecule has 1 unspecified atom stereocenters. The van der Waals surface area contributed by atoms with Crippen molar-refractivity contribution < 1.29 is 14.3 Å². The highest BCUT2D eigenvalue weighted by atomic mass is 32.1. The molecule has 1 atom stereocenters. The second kappa shape index (κ2) is 10.4. The summed E-state index contributed by atoms with van der Waals surface area (Å²) in [7, 11) is 3.49. The summed E-state index contributed by atoms with van der Waals surface area (Å²) >= 11 is 5.52. The number of ether oxygens (including phenoxy) is 2. The molecule has 0 radical (unpaired) electrons. The van der Waals surface area contributed by atoms with Crippen LogP contribution in [-0.2, 0) is 0 Å². The first-order valence-corrected chi connectivity index (χ1v) is 11.0.